The molecule has 1 aliphatic carbocycles. The van der Waals surface area contributed by atoms with Crippen molar-refractivity contribution in [1.29, 1.82) is 0 Å². The molecule has 0 unspecified atom stereocenters. The van der Waals surface area contributed by atoms with E-state index in [4.69, 9.17) is 5.48 Å². The lowest BCUT2D eigenvalue weighted by Gasteiger charge is -2.24. The first kappa shape index (κ1) is 6.77. The molecule has 0 amide bonds. The van der Waals surface area contributed by atoms with Crippen molar-refractivity contribution in [2.75, 3.05) is 13.1 Å². The lowest BCUT2D eigenvalue weighted by Crippen LogP contribution is -2.41. The van der Waals surface area contributed by atoms with Gasteiger partial charge in [-0.25, -0.2) is 0 Å². The zero-order valence-electron chi connectivity index (χ0n) is 13.2. The SMILES string of the molecule is [2H]C1([2H])CNCC([2H])([2H])C1N[C@@H]1C[C@H]1c1ccccc1. The van der Waals surface area contributed by atoms with Gasteiger partial charge in [0.25, 0.3) is 0 Å². The summed E-state index contributed by atoms with van der Waals surface area (Å²) in [6.07, 6.45) is -2.17. The molecule has 2 aliphatic rings. The van der Waals surface area contributed by atoms with Crippen molar-refractivity contribution in [2.24, 2.45) is 0 Å². The van der Waals surface area contributed by atoms with E-state index < -0.39 is 18.8 Å². The summed E-state index contributed by atoms with van der Waals surface area (Å²) in [6, 6.07) is 9.59. The minimum atomic E-state index is -1.56. The van der Waals surface area contributed by atoms with Crippen LogP contribution in [0.1, 0.15) is 36.1 Å². The number of hydrogen-bond donors (Lipinski definition) is 2. The topological polar surface area (TPSA) is 24.1 Å². The maximum absolute atomic E-state index is 8.03. The normalized spacial score (nSPS) is 40.2. The van der Waals surface area contributed by atoms with Gasteiger partial charge < -0.3 is 10.6 Å². The van der Waals surface area contributed by atoms with Crippen LogP contribution in [0.4, 0.5) is 0 Å². The Kier molecular flexibility index (Phi) is 1.93. The Bertz CT molecular complexity index is 461. The Labute approximate surface area is 103 Å². The van der Waals surface area contributed by atoms with Crippen molar-refractivity contribution in [2.45, 2.75) is 37.2 Å². The molecule has 1 saturated heterocycles. The fraction of sp³-hybridized carbons (Fsp3) is 0.571. The molecule has 3 rings (SSSR count). The summed E-state index contributed by atoms with van der Waals surface area (Å²) in [5.74, 6) is 0.387. The molecule has 1 saturated carbocycles. The van der Waals surface area contributed by atoms with Gasteiger partial charge in [0.1, 0.15) is 0 Å². The van der Waals surface area contributed by atoms with Crippen molar-refractivity contribution in [3.05, 3.63) is 35.9 Å². The van der Waals surface area contributed by atoms with Crippen molar-refractivity contribution in [3.63, 3.8) is 0 Å². The first-order chi connectivity index (χ1) is 9.40. The third kappa shape index (κ3) is 2.28. The highest BCUT2D eigenvalue weighted by Gasteiger charge is 2.39. The molecule has 2 fully saturated rings. The van der Waals surface area contributed by atoms with E-state index in [1.165, 1.54) is 5.56 Å². The van der Waals surface area contributed by atoms with Gasteiger partial charge in [0, 0.05) is 23.5 Å². The van der Waals surface area contributed by atoms with Crippen LogP contribution >= 0.6 is 0 Å². The van der Waals surface area contributed by atoms with Crippen LogP contribution in [0.15, 0.2) is 30.3 Å². The summed E-state index contributed by atoms with van der Waals surface area (Å²) in [7, 11) is 0. The van der Waals surface area contributed by atoms with E-state index in [0.29, 0.717) is 5.92 Å². The van der Waals surface area contributed by atoms with E-state index in [9.17, 15) is 0 Å². The first-order valence-corrected chi connectivity index (χ1v) is 5.92. The molecule has 0 spiro atoms. The molecular formula is C14H20N2. The quantitative estimate of drug-likeness (QED) is 0.813. The fourth-order valence-electron chi connectivity index (χ4n) is 2.26. The summed E-state index contributed by atoms with van der Waals surface area (Å²) < 4.78 is 32.1. The van der Waals surface area contributed by atoms with Gasteiger partial charge in [0.2, 0.25) is 0 Å². The van der Waals surface area contributed by atoms with E-state index >= 15 is 0 Å². The van der Waals surface area contributed by atoms with Gasteiger partial charge in [-0.3, -0.25) is 0 Å². The van der Waals surface area contributed by atoms with Crippen LogP contribution in [0.25, 0.3) is 0 Å². The fourth-order valence-corrected chi connectivity index (χ4v) is 2.26. The van der Waals surface area contributed by atoms with E-state index in [2.05, 4.69) is 22.8 Å². The highest BCUT2D eigenvalue weighted by atomic mass is 15.0. The maximum atomic E-state index is 8.03. The average Bonchev–Trinajstić information content (AvgIpc) is 3.14. The molecule has 16 heavy (non-hydrogen) atoms. The molecule has 1 aromatic carbocycles. The van der Waals surface area contributed by atoms with Crippen molar-refractivity contribution >= 4 is 0 Å². The third-order valence-corrected chi connectivity index (χ3v) is 3.26. The van der Waals surface area contributed by atoms with Crippen LogP contribution in [0.5, 0.6) is 0 Å². The molecule has 86 valence electrons. The Morgan fingerprint density at radius 3 is 2.69 bits per heavy atom. The predicted molar refractivity (Wildman–Crippen MR) is 66.6 cm³/mol. The van der Waals surface area contributed by atoms with Gasteiger partial charge in [0.15, 0.2) is 0 Å². The van der Waals surface area contributed by atoms with Gasteiger partial charge in [-0.05, 0) is 37.8 Å². The molecule has 2 nitrogen and oxygen atoms in total. The minimum absolute atomic E-state index is 0.186. The Morgan fingerprint density at radius 1 is 1.19 bits per heavy atom. The minimum Gasteiger partial charge on any atom is -0.317 e. The van der Waals surface area contributed by atoms with Crippen molar-refractivity contribution < 1.29 is 5.48 Å². The lowest BCUT2D eigenvalue weighted by molar-refractivity contribution is 0.383. The number of benzene rings is 1. The molecule has 1 aromatic rings. The summed E-state index contributed by atoms with van der Waals surface area (Å²) in [5.41, 5.74) is 1.25. The summed E-state index contributed by atoms with van der Waals surface area (Å²) in [4.78, 5) is 0. The van der Waals surface area contributed by atoms with E-state index in [1.54, 1.807) is 0 Å². The molecule has 1 aliphatic heterocycles. The predicted octanol–water partition coefficient (Wildman–Crippen LogP) is 1.88. The number of piperidine rings is 1. The standard InChI is InChI=1S/C14H20N2/c1-2-4-11(5-3-1)13-10-14(13)16-12-6-8-15-9-7-12/h1-5,12-16H,6-10H2/t13-,14+/m0/s1/i6D2,7D2. The molecule has 2 N–H and O–H groups in total. The van der Waals surface area contributed by atoms with E-state index in [1.807, 2.05) is 18.2 Å². The molecule has 2 heteroatoms. The molecule has 0 aromatic heterocycles. The summed E-state index contributed by atoms with van der Waals surface area (Å²) in [5, 5.41) is 6.07. The zero-order chi connectivity index (χ0) is 14.4. The molecular weight excluding hydrogens is 196 g/mol. The van der Waals surface area contributed by atoms with Gasteiger partial charge in [-0.15, -0.1) is 0 Å². The van der Waals surface area contributed by atoms with Gasteiger partial charge in [-0.2, -0.15) is 0 Å². The Hall–Kier alpha value is -0.860. The second-order valence-electron chi connectivity index (χ2n) is 4.47. The smallest absolute Gasteiger partial charge is 0.0296 e. The second kappa shape index (κ2) is 4.56. The number of rotatable bonds is 3. The largest absolute Gasteiger partial charge is 0.317 e. The van der Waals surface area contributed by atoms with Gasteiger partial charge >= 0.3 is 0 Å². The second-order valence-corrected chi connectivity index (χ2v) is 4.47. The highest BCUT2D eigenvalue weighted by molar-refractivity contribution is 5.27. The Balaban J connectivity index is 1.69. The first-order valence-electron chi connectivity index (χ1n) is 7.92. The summed E-state index contributed by atoms with van der Waals surface area (Å²) in [6.45, 7) is 0.403. The number of hydrogen-bond acceptors (Lipinski definition) is 2. The van der Waals surface area contributed by atoms with Crippen LogP contribution in [0.2, 0.25) is 0 Å². The average molecular weight is 220 g/mol. The lowest BCUT2D eigenvalue weighted by atomic mass is 10.1. The van der Waals surface area contributed by atoms with Gasteiger partial charge in [-0.1, -0.05) is 30.3 Å². The molecule has 0 radical (unpaired) electrons. The third-order valence-electron chi connectivity index (χ3n) is 3.26. The zero-order valence-corrected chi connectivity index (χ0v) is 9.24. The molecule has 0 bridgehead atoms. The van der Waals surface area contributed by atoms with Crippen LogP contribution in [0.3, 0.4) is 0 Å². The van der Waals surface area contributed by atoms with Crippen LogP contribution in [-0.4, -0.2) is 25.2 Å². The van der Waals surface area contributed by atoms with Crippen LogP contribution in [0, 0.1) is 0 Å². The number of nitrogens with one attached hydrogen (secondary N) is 2. The van der Waals surface area contributed by atoms with Crippen molar-refractivity contribution in [1.82, 2.24) is 10.6 Å². The maximum Gasteiger partial charge on any atom is 0.0296 e. The van der Waals surface area contributed by atoms with Crippen LogP contribution in [-0.2, 0) is 0 Å². The monoisotopic (exact) mass is 220 g/mol. The van der Waals surface area contributed by atoms with Crippen molar-refractivity contribution in [3.8, 4) is 0 Å². The molecule has 2 atom stereocenters. The van der Waals surface area contributed by atoms with E-state index in [0.717, 1.165) is 6.42 Å². The van der Waals surface area contributed by atoms with Gasteiger partial charge in [0.05, 0.1) is 0 Å². The highest BCUT2D eigenvalue weighted by Crippen LogP contribution is 2.41. The van der Waals surface area contributed by atoms with E-state index in [-0.39, 0.29) is 19.1 Å². The summed E-state index contributed by atoms with van der Waals surface area (Å²) >= 11 is 0. The molecule has 1 heterocycles. The Morgan fingerprint density at radius 2 is 1.94 bits per heavy atom. The van der Waals surface area contributed by atoms with Crippen LogP contribution < -0.4 is 10.6 Å².